The van der Waals surface area contributed by atoms with Crippen LogP contribution in [0.2, 0.25) is 0 Å². The molecule has 0 heteroatoms. The summed E-state index contributed by atoms with van der Waals surface area (Å²) in [5.74, 6) is 2.13. The molecule has 3 aliphatic rings. The lowest BCUT2D eigenvalue weighted by atomic mass is 9.88. The summed E-state index contributed by atoms with van der Waals surface area (Å²) in [6.45, 7) is 109. The molecule has 0 unspecified atom stereocenters. The second-order valence-corrected chi connectivity index (χ2v) is 5.49. The van der Waals surface area contributed by atoms with E-state index in [1.165, 1.54) is 64.2 Å². The molecule has 70 heavy (non-hydrogen) atoms. The molecule has 0 radical (unpaired) electrons. The van der Waals surface area contributed by atoms with Gasteiger partial charge < -0.3 is 0 Å². The average molecular weight is 1040 g/mol. The Bertz CT molecular complexity index is 100. The third-order valence-electron chi connectivity index (χ3n) is 3.79. The molecule has 0 spiro atoms. The van der Waals surface area contributed by atoms with Gasteiger partial charge in [0.05, 0.1) is 0 Å². The Kier molecular flexibility index (Phi) is 3710. The van der Waals surface area contributed by atoms with E-state index in [2.05, 4.69) is 13.8 Å². The molecule has 0 aromatic heterocycles. The highest BCUT2D eigenvalue weighted by atomic mass is 14.2. The molecule has 0 N–H and O–H groups in total. The van der Waals surface area contributed by atoms with Crippen LogP contribution in [0, 0.1) is 11.8 Å². The van der Waals surface area contributed by atoms with Crippen molar-refractivity contribution in [2.24, 2.45) is 11.8 Å². The van der Waals surface area contributed by atoms with Gasteiger partial charge in [0, 0.05) is 0 Å². The van der Waals surface area contributed by atoms with Gasteiger partial charge in [0.1, 0.15) is 0 Å². The highest BCUT2D eigenvalue weighted by Gasteiger charge is 2.09. The fourth-order valence-electron chi connectivity index (χ4n) is 1.47. The van der Waals surface area contributed by atoms with Crippen LogP contribution in [0.5, 0.6) is 0 Å². The highest BCUT2D eigenvalue weighted by Crippen LogP contribution is 2.24. The summed E-state index contributed by atoms with van der Waals surface area (Å²) in [5, 5.41) is 0. The number of rotatable bonds is 0. The molecule has 3 saturated carbocycles. The van der Waals surface area contributed by atoms with Gasteiger partial charge in [-0.3, -0.25) is 0 Å². The molecule has 3 aliphatic carbocycles. The lowest BCUT2D eigenvalue weighted by Gasteiger charge is -2.18. The van der Waals surface area contributed by atoms with Crippen molar-refractivity contribution in [3.05, 3.63) is 0 Å². The molecule has 3 rings (SSSR count). The zero-order valence-electron chi connectivity index (χ0n) is 62.2. The average Bonchev–Trinajstić information content (AvgIpc) is 3.49. The fraction of sp³-hybridized carbons (Fsp3) is 1.00. The summed E-state index contributed by atoms with van der Waals surface area (Å²) in [6.07, 6.45) is 14.9. The molecule has 0 amide bonds. The number of hydrogen-bond donors (Lipinski definition) is 0. The topological polar surface area (TPSA) is 0 Å². The predicted molar refractivity (Wildman–Crippen MR) is 386 cm³/mol. The lowest BCUT2D eigenvalue weighted by molar-refractivity contribution is 0.346. The van der Waals surface area contributed by atoms with Gasteiger partial charge in [-0.1, -0.05) is 468 Å². The van der Waals surface area contributed by atoms with Gasteiger partial charge in [0.2, 0.25) is 0 Å². The summed E-state index contributed by atoms with van der Waals surface area (Å²) < 4.78 is 0. The van der Waals surface area contributed by atoms with Crippen molar-refractivity contribution in [1.29, 1.82) is 0 Å². The van der Waals surface area contributed by atoms with Crippen LogP contribution >= 0.6 is 0 Å². The zero-order chi connectivity index (χ0) is 62.2. The van der Waals surface area contributed by atoms with Crippen molar-refractivity contribution < 1.29 is 0 Å². The van der Waals surface area contributed by atoms with Gasteiger partial charge in [0.25, 0.3) is 0 Å². The highest BCUT2D eigenvalue weighted by molar-refractivity contribution is 4.62. The first kappa shape index (κ1) is 208. The summed E-state index contributed by atoms with van der Waals surface area (Å²) in [5.41, 5.74) is 0. The normalized spacial score (nSPS) is 7.29. The first-order chi connectivity index (χ1) is 32.8. The zero-order valence-corrected chi connectivity index (χ0v) is 62.2. The van der Waals surface area contributed by atoms with Gasteiger partial charge >= 0.3 is 0 Å². The molecule has 0 heterocycles. The first-order valence-corrected chi connectivity index (χ1v) is 32.8. The van der Waals surface area contributed by atoms with Gasteiger partial charge in [-0.2, -0.15) is 0 Å². The van der Waals surface area contributed by atoms with Crippen LogP contribution in [-0.2, 0) is 0 Å². The van der Waals surface area contributed by atoms with E-state index in [1.807, 2.05) is 360 Å². The minimum atomic E-state index is 0. The lowest BCUT2D eigenvalue weighted by Crippen LogP contribution is -2.04. The third kappa shape index (κ3) is 1190. The van der Waals surface area contributed by atoms with E-state index in [1.54, 1.807) is 0 Å². The van der Waals surface area contributed by atoms with Crippen LogP contribution in [0.25, 0.3) is 0 Å². The van der Waals surface area contributed by atoms with E-state index in [0.717, 1.165) is 11.8 Å². The largest absolute Gasteiger partial charge is 0.0776 e. The van der Waals surface area contributed by atoms with E-state index < -0.39 is 0 Å². The Hall–Kier alpha value is 0. The summed E-state index contributed by atoms with van der Waals surface area (Å²) >= 11 is 0. The molecular weight excluding hydrogens is 841 g/mol. The van der Waals surface area contributed by atoms with Gasteiger partial charge in [-0.05, 0) is 11.8 Å². The molecule has 480 valence electrons. The van der Waals surface area contributed by atoms with Crippen LogP contribution in [-0.4, -0.2) is 0 Å². The van der Waals surface area contributed by atoms with Crippen LogP contribution in [0.3, 0.4) is 0 Å². The Morgan fingerprint density at radius 2 is 0.171 bits per heavy atom. The monoisotopic (exact) mass is 1040 g/mol. The minimum absolute atomic E-state index is 0. The molecule has 0 aliphatic heterocycles. The molecule has 0 atom stereocenters. The minimum Gasteiger partial charge on any atom is -0.0776 e. The van der Waals surface area contributed by atoms with E-state index in [9.17, 15) is 0 Å². The van der Waals surface area contributed by atoms with Crippen molar-refractivity contribution in [3.63, 3.8) is 0 Å². The van der Waals surface area contributed by atoms with Gasteiger partial charge in [-0.15, -0.1) is 0 Å². The van der Waals surface area contributed by atoms with E-state index in [0.29, 0.717) is 0 Å². The van der Waals surface area contributed by atoms with Crippen molar-refractivity contribution >= 4 is 0 Å². The smallest absolute Gasteiger partial charge is 0.0443 e. The van der Waals surface area contributed by atoms with E-state index in [-0.39, 0.29) is 29.7 Å². The van der Waals surface area contributed by atoms with E-state index in [4.69, 9.17) is 0 Å². The Balaban J connectivity index is -0.00000000853. The third-order valence-corrected chi connectivity index (χ3v) is 3.79. The van der Waals surface area contributed by atoms with Crippen molar-refractivity contribution in [2.75, 3.05) is 0 Å². The Morgan fingerprint density at radius 3 is 0.171 bits per heavy atom. The second-order valence-electron chi connectivity index (χ2n) is 5.49. The summed E-state index contributed by atoms with van der Waals surface area (Å²) in [7, 11) is 0. The SMILES string of the molecule is C.C.C.C.C1CCC1.CC.CC.CC.CC.CC.CC.CC.CC.CC.CC.CC.CC.CC.CC.CC.CC.CC.CC.CC.CC.CC.CC.CC.CC.CC.CC.CC1CCC1.CC1CCC1. The molecule has 0 bridgehead atoms. The van der Waals surface area contributed by atoms with Crippen LogP contribution in [0.1, 0.15) is 468 Å². The maximum atomic E-state index is 2.31. The standard InChI is InChI=1S/2C5H10.C4H8.26C2H6.4CH4/c2*1-5-3-2-4-5;1-2-4-3-1;26*1-2;;;;/h2*5H,2-4H2,1H3;1-4H2;26*1-2H3;4*1H4. The molecular formula is C70H200. The van der Waals surface area contributed by atoms with Crippen molar-refractivity contribution in [1.82, 2.24) is 0 Å². The predicted octanol–water partition coefficient (Wildman–Crippen LogP) is 34.4. The van der Waals surface area contributed by atoms with Gasteiger partial charge in [-0.25, -0.2) is 0 Å². The summed E-state index contributed by atoms with van der Waals surface area (Å²) in [6, 6.07) is 0. The fourth-order valence-corrected chi connectivity index (χ4v) is 1.47. The quantitative estimate of drug-likeness (QED) is 0.227. The number of hydrogen-bond acceptors (Lipinski definition) is 0. The molecule has 0 saturated heterocycles. The first-order valence-electron chi connectivity index (χ1n) is 32.8. The Morgan fingerprint density at radius 1 is 0.129 bits per heavy atom. The van der Waals surface area contributed by atoms with Crippen LogP contribution in [0.4, 0.5) is 0 Å². The summed E-state index contributed by atoms with van der Waals surface area (Å²) in [4.78, 5) is 0. The molecule has 3 fully saturated rings. The molecule has 0 aromatic carbocycles. The van der Waals surface area contributed by atoms with Crippen molar-refractivity contribution in [2.45, 2.75) is 468 Å². The maximum Gasteiger partial charge on any atom is -0.0443 e. The Labute approximate surface area is 477 Å². The van der Waals surface area contributed by atoms with E-state index >= 15 is 0 Å². The van der Waals surface area contributed by atoms with Crippen LogP contribution in [0.15, 0.2) is 0 Å². The van der Waals surface area contributed by atoms with Crippen LogP contribution < -0.4 is 0 Å². The molecule has 0 nitrogen and oxygen atoms in total. The van der Waals surface area contributed by atoms with Crippen molar-refractivity contribution in [3.8, 4) is 0 Å². The maximum absolute atomic E-state index is 2.31. The van der Waals surface area contributed by atoms with Gasteiger partial charge in [0.15, 0.2) is 0 Å². The molecule has 0 aromatic rings. The second kappa shape index (κ2) is 1250.